The standard InChI is InChI=1S/C11H12I2N5O4.Tl/c1-20-10-7-8(12)17-18(9(7)15-11(14)16-10)6-2-4(19)5(22-6)3-21-13;/h4-6H,2-3H2,1H3,(H2,14,15,16);/q-1;+1. The molecule has 1 fully saturated rings. The molecule has 3 unspecified atom stereocenters. The Hall–Kier alpha value is 0.412. The maximum absolute atomic E-state index is 6.05. The molecule has 0 radical (unpaired) electrons. The number of aromatic nitrogens is 4. The molecule has 0 saturated carbocycles. The molecule has 0 amide bonds. The van der Waals surface area contributed by atoms with E-state index in [1.807, 2.05) is 23.0 Å². The van der Waals surface area contributed by atoms with Crippen molar-refractivity contribution < 1.29 is 15.2 Å². The second-order valence-corrected chi connectivity index (χ2v) is 7.54. The molecule has 0 aliphatic carbocycles. The molecule has 2 N–H and O–H groups in total. The zero-order valence-electron chi connectivity index (χ0n) is 12.0. The Morgan fingerprint density at radius 3 is 2.91 bits per heavy atom. The van der Waals surface area contributed by atoms with Gasteiger partial charge in [-0.1, -0.05) is 0 Å². The molecule has 23 heavy (non-hydrogen) atoms. The summed E-state index contributed by atoms with van der Waals surface area (Å²) in [4.78, 5) is 8.41. The molecule has 0 spiro atoms. The monoisotopic (exact) mass is 737 g/mol. The summed E-state index contributed by atoms with van der Waals surface area (Å²) in [5.74, 6) is 0.541. The molecule has 3 heterocycles. The van der Waals surface area contributed by atoms with E-state index < -0.39 is 0 Å². The molecule has 0 bridgehead atoms. The minimum absolute atomic E-state index is 0.00208. The van der Waals surface area contributed by atoms with E-state index in [2.05, 4.69) is 37.7 Å². The van der Waals surface area contributed by atoms with Crippen LogP contribution in [0.25, 0.3) is 11.0 Å². The second kappa shape index (κ2) is 7.75. The van der Waals surface area contributed by atoms with Crippen LogP contribution in [0.2, 0.25) is 0 Å². The number of anilines is 1. The Balaban J connectivity index is 2.02. The van der Waals surface area contributed by atoms with Crippen LogP contribution in [-0.4, -0.2) is 71.9 Å². The Morgan fingerprint density at radius 2 is 2.26 bits per heavy atom. The average Bonchev–Trinajstić information content (AvgIpc) is 3.08. The quantitative estimate of drug-likeness (QED) is 0.361. The maximum atomic E-state index is 6.05. The number of nitrogen functional groups attached to an aromatic ring is 1. The predicted octanol–water partition coefficient (Wildman–Crippen LogP) is 1.14. The summed E-state index contributed by atoms with van der Waals surface area (Å²) < 4.78 is 24.6. The van der Waals surface area contributed by atoms with E-state index in [9.17, 15) is 0 Å². The van der Waals surface area contributed by atoms with Crippen LogP contribution < -0.4 is 10.5 Å². The van der Waals surface area contributed by atoms with E-state index in [-0.39, 0.29) is 24.4 Å². The SMILES string of the molecule is COc1nc(N)nc2c1c(I)nn2C1CC([O][Tl])C(COI)O1. The van der Waals surface area contributed by atoms with Gasteiger partial charge in [0, 0.05) is 0 Å². The number of hydrogen-bond acceptors (Lipinski definition) is 8. The number of methoxy groups -OCH3 is 1. The first-order valence-corrected chi connectivity index (χ1v) is 10.4. The van der Waals surface area contributed by atoms with Gasteiger partial charge in [0.05, 0.1) is 0 Å². The summed E-state index contributed by atoms with van der Waals surface area (Å²) >= 11 is 4.41. The molecule has 1 aliphatic rings. The van der Waals surface area contributed by atoms with E-state index in [1.54, 1.807) is 11.8 Å². The van der Waals surface area contributed by atoms with Crippen molar-refractivity contribution in [1.82, 2.24) is 19.7 Å². The molecular weight excluding hydrogens is 724 g/mol. The van der Waals surface area contributed by atoms with Crippen molar-refractivity contribution in [2.45, 2.75) is 24.9 Å². The first-order valence-electron chi connectivity index (χ1n) is 6.58. The summed E-state index contributed by atoms with van der Waals surface area (Å²) in [6.07, 6.45) is 0.262. The van der Waals surface area contributed by atoms with Gasteiger partial charge in [0.25, 0.3) is 0 Å². The van der Waals surface area contributed by atoms with E-state index in [4.69, 9.17) is 21.0 Å². The van der Waals surface area contributed by atoms with Crippen molar-refractivity contribution in [3.8, 4) is 5.88 Å². The van der Waals surface area contributed by atoms with E-state index in [0.717, 1.165) is 9.09 Å². The molecule has 2 aromatic heterocycles. The second-order valence-electron chi connectivity index (χ2n) is 4.84. The molecule has 12 heteroatoms. The number of ether oxygens (including phenoxy) is 2. The molecule has 9 nitrogen and oxygen atoms in total. The first kappa shape index (κ1) is 18.2. The molecule has 3 rings (SSSR count). The van der Waals surface area contributed by atoms with Crippen LogP contribution in [0.1, 0.15) is 12.6 Å². The summed E-state index contributed by atoms with van der Waals surface area (Å²) in [5, 5.41) is 5.27. The molecule has 3 atom stereocenters. The fraction of sp³-hybridized carbons (Fsp3) is 0.545. The predicted molar refractivity (Wildman–Crippen MR) is 98.1 cm³/mol. The van der Waals surface area contributed by atoms with Gasteiger partial charge in [0.1, 0.15) is 0 Å². The number of rotatable bonds is 5. The summed E-state index contributed by atoms with van der Waals surface area (Å²) in [5.41, 5.74) is 6.37. The van der Waals surface area contributed by atoms with Crippen molar-refractivity contribution in [3.05, 3.63) is 3.70 Å². The third kappa shape index (κ3) is 3.53. The van der Waals surface area contributed by atoms with Gasteiger partial charge in [0.15, 0.2) is 0 Å². The molecule has 1 aliphatic heterocycles. The number of fused-ring (bicyclic) bond motifs is 1. The van der Waals surface area contributed by atoms with Gasteiger partial charge in [-0.15, -0.1) is 0 Å². The number of halogens is 2. The van der Waals surface area contributed by atoms with Crippen LogP contribution >= 0.6 is 45.6 Å². The summed E-state index contributed by atoms with van der Waals surface area (Å²) in [7, 11) is 1.54. The van der Waals surface area contributed by atoms with Crippen LogP contribution in [0.15, 0.2) is 0 Å². The average molecular weight is 736 g/mol. The molecular formula is C11H12I2N5O4Tl. The topological polar surface area (TPSA) is 107 Å². The molecule has 2 aromatic rings. The fourth-order valence-electron chi connectivity index (χ4n) is 2.54. The van der Waals surface area contributed by atoms with Crippen molar-refractivity contribution in [1.29, 1.82) is 0 Å². The minimum atomic E-state index is -0.291. The van der Waals surface area contributed by atoms with Crippen LogP contribution in [0, 0.1) is 3.70 Å². The van der Waals surface area contributed by atoms with Gasteiger partial charge >= 0.3 is 178 Å². The number of hydrogen-bond donors (Lipinski definition) is 1. The molecule has 0 aromatic carbocycles. The van der Waals surface area contributed by atoms with Gasteiger partial charge in [-0.3, -0.25) is 0 Å². The van der Waals surface area contributed by atoms with Gasteiger partial charge < -0.3 is 0 Å². The van der Waals surface area contributed by atoms with Crippen LogP contribution in [-0.2, 0) is 10.5 Å². The summed E-state index contributed by atoms with van der Waals surface area (Å²) in [6.45, 7) is 0.463. The van der Waals surface area contributed by atoms with Crippen molar-refractivity contribution in [3.63, 3.8) is 0 Å². The van der Waals surface area contributed by atoms with Gasteiger partial charge in [0.2, 0.25) is 0 Å². The van der Waals surface area contributed by atoms with Gasteiger partial charge in [-0.2, -0.15) is 0 Å². The number of nitrogens with two attached hydrogens (primary N) is 1. The number of nitrogens with zero attached hydrogens (tertiary/aromatic N) is 4. The Labute approximate surface area is 176 Å². The van der Waals surface area contributed by atoms with Gasteiger partial charge in [-0.25, -0.2) is 0 Å². The zero-order valence-corrected chi connectivity index (χ0v) is 20.8. The van der Waals surface area contributed by atoms with E-state index >= 15 is 0 Å². The fourth-order valence-corrected chi connectivity index (χ4v) is 4.71. The summed E-state index contributed by atoms with van der Waals surface area (Å²) in [6, 6.07) is 0. The van der Waals surface area contributed by atoms with E-state index in [0.29, 0.717) is 50.8 Å². The van der Waals surface area contributed by atoms with Crippen LogP contribution in [0.5, 0.6) is 5.88 Å². The van der Waals surface area contributed by atoms with E-state index in [1.165, 1.54) is 0 Å². The molecule has 122 valence electrons. The third-order valence-corrected chi connectivity index (χ3v) is 6.02. The zero-order chi connectivity index (χ0) is 16.6. The Kier molecular flexibility index (Phi) is 6.14. The van der Waals surface area contributed by atoms with Crippen molar-refractivity contribution in [2.75, 3.05) is 19.5 Å². The molecule has 1 saturated heterocycles. The van der Waals surface area contributed by atoms with Crippen molar-refractivity contribution in [2.24, 2.45) is 0 Å². The Morgan fingerprint density at radius 1 is 1.48 bits per heavy atom. The van der Waals surface area contributed by atoms with Crippen LogP contribution in [0.4, 0.5) is 5.95 Å². The van der Waals surface area contributed by atoms with Crippen LogP contribution in [0.3, 0.4) is 0 Å². The third-order valence-electron chi connectivity index (χ3n) is 3.54. The first-order chi connectivity index (χ1) is 11.1. The Bertz CT molecular complexity index is 717. The normalized spacial score (nSPS) is 24.3. The van der Waals surface area contributed by atoms with Gasteiger partial charge in [-0.05, 0) is 0 Å². The van der Waals surface area contributed by atoms with Crippen molar-refractivity contribution >= 4 is 88.8 Å².